The van der Waals surface area contributed by atoms with Gasteiger partial charge >= 0.3 is 0 Å². The first kappa shape index (κ1) is 17.3. The van der Waals surface area contributed by atoms with Gasteiger partial charge in [0.2, 0.25) is 0 Å². The highest BCUT2D eigenvalue weighted by atomic mass is 15.3. The predicted molar refractivity (Wildman–Crippen MR) is 92.8 cm³/mol. The molecule has 2 heteroatoms. The monoisotopic (exact) mass is 294 g/mol. The van der Waals surface area contributed by atoms with Crippen molar-refractivity contribution in [1.29, 1.82) is 0 Å². The maximum atomic E-state index is 3.95. The second-order valence-corrected chi connectivity index (χ2v) is 8.04. The van der Waals surface area contributed by atoms with Gasteiger partial charge < -0.3 is 5.32 Å². The van der Waals surface area contributed by atoms with Crippen LogP contribution in [-0.2, 0) is 0 Å². The second kappa shape index (κ2) is 8.53. The van der Waals surface area contributed by atoms with Gasteiger partial charge in [-0.15, -0.1) is 0 Å². The fourth-order valence-corrected chi connectivity index (χ4v) is 4.38. The molecule has 0 amide bonds. The van der Waals surface area contributed by atoms with Crippen LogP contribution in [0.5, 0.6) is 0 Å². The van der Waals surface area contributed by atoms with Gasteiger partial charge in [0, 0.05) is 24.7 Å². The van der Waals surface area contributed by atoms with Crippen LogP contribution in [0.2, 0.25) is 0 Å². The van der Waals surface area contributed by atoms with Crippen LogP contribution in [-0.4, -0.2) is 36.1 Å². The lowest BCUT2D eigenvalue weighted by atomic mass is 9.89. The van der Waals surface area contributed by atoms with Gasteiger partial charge in [-0.25, -0.2) is 0 Å². The lowest BCUT2D eigenvalue weighted by Crippen LogP contribution is -2.63. The number of rotatable bonds is 8. The maximum Gasteiger partial charge on any atom is 0.0309 e. The Bertz CT molecular complexity index is 281. The number of hydrogen-bond donors (Lipinski definition) is 1. The molecule has 1 spiro atoms. The minimum atomic E-state index is 0.483. The van der Waals surface area contributed by atoms with E-state index in [1.807, 2.05) is 0 Å². The molecule has 1 saturated carbocycles. The second-order valence-electron chi connectivity index (χ2n) is 8.04. The topological polar surface area (TPSA) is 15.3 Å². The van der Waals surface area contributed by atoms with Gasteiger partial charge in [-0.1, -0.05) is 59.3 Å². The number of nitrogens with zero attached hydrogens (tertiary/aromatic N) is 1. The summed E-state index contributed by atoms with van der Waals surface area (Å²) in [7, 11) is 0. The summed E-state index contributed by atoms with van der Waals surface area (Å²) in [6.45, 7) is 10.9. The Morgan fingerprint density at radius 3 is 2.48 bits per heavy atom. The minimum Gasteiger partial charge on any atom is -0.308 e. The smallest absolute Gasteiger partial charge is 0.0309 e. The molecule has 1 atom stereocenters. The quantitative estimate of drug-likeness (QED) is 0.659. The van der Waals surface area contributed by atoms with Crippen molar-refractivity contribution in [3.63, 3.8) is 0 Å². The molecule has 0 radical (unpaired) electrons. The molecule has 124 valence electrons. The van der Waals surface area contributed by atoms with E-state index in [1.54, 1.807) is 0 Å². The van der Waals surface area contributed by atoms with E-state index in [2.05, 4.69) is 31.0 Å². The Kier molecular flexibility index (Phi) is 7.01. The van der Waals surface area contributed by atoms with E-state index >= 15 is 0 Å². The van der Waals surface area contributed by atoms with Gasteiger partial charge in [-0.05, 0) is 38.1 Å². The summed E-state index contributed by atoms with van der Waals surface area (Å²) in [6.07, 6.45) is 14.1. The van der Waals surface area contributed by atoms with Crippen LogP contribution >= 0.6 is 0 Å². The highest BCUT2D eigenvalue weighted by Gasteiger charge is 2.40. The molecule has 21 heavy (non-hydrogen) atoms. The molecule has 2 nitrogen and oxygen atoms in total. The molecule has 2 rings (SSSR count). The van der Waals surface area contributed by atoms with E-state index in [0.717, 1.165) is 12.0 Å². The third kappa shape index (κ3) is 5.25. The molecule has 1 aliphatic carbocycles. The highest BCUT2D eigenvalue weighted by Crippen LogP contribution is 2.34. The average Bonchev–Trinajstić information content (AvgIpc) is 2.89. The number of unbranched alkanes of at least 4 members (excludes halogenated alkanes) is 4. The Hall–Kier alpha value is -0.0800. The van der Waals surface area contributed by atoms with Crippen LogP contribution in [0, 0.1) is 5.92 Å². The van der Waals surface area contributed by atoms with Gasteiger partial charge in [0.25, 0.3) is 0 Å². The van der Waals surface area contributed by atoms with Gasteiger partial charge in [0.15, 0.2) is 0 Å². The lowest BCUT2D eigenvalue weighted by molar-refractivity contribution is 0.0678. The van der Waals surface area contributed by atoms with Crippen LogP contribution in [0.4, 0.5) is 0 Å². The van der Waals surface area contributed by atoms with Gasteiger partial charge in [-0.3, -0.25) is 4.90 Å². The molecule has 2 aliphatic rings. The van der Waals surface area contributed by atoms with E-state index in [-0.39, 0.29) is 0 Å². The van der Waals surface area contributed by atoms with E-state index in [0.29, 0.717) is 5.54 Å². The van der Waals surface area contributed by atoms with Crippen LogP contribution in [0.25, 0.3) is 0 Å². The summed E-state index contributed by atoms with van der Waals surface area (Å²) < 4.78 is 0. The van der Waals surface area contributed by atoms with Crippen molar-refractivity contribution in [1.82, 2.24) is 10.2 Å². The fraction of sp³-hybridized carbons (Fsp3) is 1.00. The zero-order chi connectivity index (χ0) is 15.1. The molecule has 1 aliphatic heterocycles. The van der Waals surface area contributed by atoms with Crippen LogP contribution in [0.1, 0.15) is 85.0 Å². The van der Waals surface area contributed by atoms with Crippen LogP contribution in [0.3, 0.4) is 0 Å². The molecular weight excluding hydrogens is 256 g/mol. The van der Waals surface area contributed by atoms with Crippen LogP contribution in [0.15, 0.2) is 0 Å². The molecule has 1 saturated heterocycles. The molecule has 1 N–H and O–H groups in total. The Morgan fingerprint density at radius 1 is 1.10 bits per heavy atom. The fourth-order valence-electron chi connectivity index (χ4n) is 4.38. The molecule has 1 heterocycles. The normalized spacial score (nSPS) is 26.0. The summed E-state index contributed by atoms with van der Waals surface area (Å²) in [5.41, 5.74) is 0.483. The van der Waals surface area contributed by atoms with Crippen molar-refractivity contribution in [2.24, 2.45) is 5.92 Å². The summed E-state index contributed by atoms with van der Waals surface area (Å²) in [5, 5.41) is 3.95. The van der Waals surface area contributed by atoms with Gasteiger partial charge in [0.05, 0.1) is 0 Å². The highest BCUT2D eigenvalue weighted by molar-refractivity contribution is 5.01. The van der Waals surface area contributed by atoms with Gasteiger partial charge in [0.1, 0.15) is 0 Å². The summed E-state index contributed by atoms with van der Waals surface area (Å²) in [4.78, 5) is 2.85. The average molecular weight is 295 g/mol. The number of piperazine rings is 1. The van der Waals surface area contributed by atoms with Gasteiger partial charge in [-0.2, -0.15) is 0 Å². The molecule has 0 bridgehead atoms. The first-order valence-corrected chi connectivity index (χ1v) is 9.64. The van der Waals surface area contributed by atoms with Crippen molar-refractivity contribution < 1.29 is 0 Å². The van der Waals surface area contributed by atoms with E-state index in [1.165, 1.54) is 83.8 Å². The molecule has 0 aromatic rings. The molecule has 0 aromatic carbocycles. The Balaban J connectivity index is 1.83. The minimum absolute atomic E-state index is 0.483. The Morgan fingerprint density at radius 2 is 1.81 bits per heavy atom. The van der Waals surface area contributed by atoms with Crippen LogP contribution < -0.4 is 5.32 Å². The zero-order valence-electron chi connectivity index (χ0n) is 14.8. The number of nitrogens with one attached hydrogen (secondary N) is 1. The third-order valence-electron chi connectivity index (χ3n) is 5.59. The number of hydrogen-bond acceptors (Lipinski definition) is 2. The third-order valence-corrected chi connectivity index (χ3v) is 5.59. The van der Waals surface area contributed by atoms with Crippen molar-refractivity contribution in [2.45, 2.75) is 96.6 Å². The zero-order valence-corrected chi connectivity index (χ0v) is 14.8. The lowest BCUT2D eigenvalue weighted by Gasteiger charge is -2.47. The molecular formula is C19H38N2. The first-order valence-electron chi connectivity index (χ1n) is 9.64. The van der Waals surface area contributed by atoms with E-state index in [9.17, 15) is 0 Å². The summed E-state index contributed by atoms with van der Waals surface area (Å²) in [5.74, 6) is 0.817. The summed E-state index contributed by atoms with van der Waals surface area (Å²) in [6, 6.07) is 0.780. The van der Waals surface area contributed by atoms with Crippen molar-refractivity contribution >= 4 is 0 Å². The Labute approximate surface area is 133 Å². The predicted octanol–water partition coefficient (Wildman–Crippen LogP) is 4.59. The largest absolute Gasteiger partial charge is 0.308 e. The summed E-state index contributed by atoms with van der Waals surface area (Å²) >= 11 is 0. The maximum absolute atomic E-state index is 3.95. The van der Waals surface area contributed by atoms with Crippen molar-refractivity contribution in [3.05, 3.63) is 0 Å². The van der Waals surface area contributed by atoms with E-state index < -0.39 is 0 Å². The van der Waals surface area contributed by atoms with E-state index in [4.69, 9.17) is 0 Å². The van der Waals surface area contributed by atoms with Crippen molar-refractivity contribution in [2.75, 3.05) is 19.6 Å². The standard InChI is InChI=1S/C19H38N2/c1-4-5-6-7-10-13-21-16-19(11-8-9-12-19)20-15-18(21)14-17(2)3/h17-18,20H,4-16H2,1-3H3. The molecule has 1 unspecified atom stereocenters. The van der Waals surface area contributed by atoms with Crippen molar-refractivity contribution in [3.8, 4) is 0 Å². The SMILES string of the molecule is CCCCCCCN1CC2(CCCC2)NCC1CC(C)C. The molecule has 2 fully saturated rings. The molecule has 0 aromatic heterocycles. The first-order chi connectivity index (χ1) is 10.2.